The quantitative estimate of drug-likeness (QED) is 0.776. The lowest BCUT2D eigenvalue weighted by molar-refractivity contribution is 0.383. The van der Waals surface area contributed by atoms with Gasteiger partial charge in [0.2, 0.25) is 10.0 Å². The van der Waals surface area contributed by atoms with Crippen LogP contribution in [0.15, 0.2) is 17.3 Å². The summed E-state index contributed by atoms with van der Waals surface area (Å²) in [5.41, 5.74) is 0. The van der Waals surface area contributed by atoms with Gasteiger partial charge in [0.15, 0.2) is 0 Å². The summed E-state index contributed by atoms with van der Waals surface area (Å²) in [5.74, 6) is 0. The van der Waals surface area contributed by atoms with Crippen molar-refractivity contribution in [1.29, 1.82) is 0 Å². The number of nitrogens with one attached hydrogen (secondary N) is 2. The average Bonchev–Trinajstić information content (AvgIpc) is 2.87. The smallest absolute Gasteiger partial charge is 0.246 e. The molecule has 3 rings (SSSR count). The number of sulfonamides is 1. The van der Waals surface area contributed by atoms with Gasteiger partial charge in [-0.2, -0.15) is 9.40 Å². The Hall–Kier alpha value is -0.920. The van der Waals surface area contributed by atoms with Gasteiger partial charge in [-0.15, -0.1) is 0 Å². The zero-order valence-corrected chi connectivity index (χ0v) is 10.3. The van der Waals surface area contributed by atoms with Crippen LogP contribution in [-0.4, -0.2) is 48.1 Å². The number of hydrogen-bond acceptors (Lipinski definition) is 4. The second-order valence-electron chi connectivity index (χ2n) is 4.72. The van der Waals surface area contributed by atoms with Crippen LogP contribution in [0.3, 0.4) is 0 Å². The maximum atomic E-state index is 12.3. The number of rotatable bonds is 2. The molecule has 3 heterocycles. The number of aromatic amines is 1. The van der Waals surface area contributed by atoms with Gasteiger partial charge in [-0.3, -0.25) is 5.10 Å². The Kier molecular flexibility index (Phi) is 2.68. The van der Waals surface area contributed by atoms with Gasteiger partial charge in [0.05, 0.1) is 6.20 Å². The monoisotopic (exact) mass is 256 g/mol. The van der Waals surface area contributed by atoms with Gasteiger partial charge in [-0.05, 0) is 19.3 Å². The van der Waals surface area contributed by atoms with E-state index in [0.717, 1.165) is 12.8 Å². The first kappa shape index (κ1) is 11.2. The zero-order chi connectivity index (χ0) is 11.9. The Bertz CT molecular complexity index is 484. The van der Waals surface area contributed by atoms with Crippen LogP contribution in [0.25, 0.3) is 0 Å². The molecule has 0 amide bonds. The van der Waals surface area contributed by atoms with E-state index in [0.29, 0.717) is 25.2 Å². The molecule has 94 valence electrons. The van der Waals surface area contributed by atoms with Crippen LogP contribution in [0.4, 0.5) is 0 Å². The first-order valence-electron chi connectivity index (χ1n) is 5.91. The van der Waals surface area contributed by atoms with E-state index in [9.17, 15) is 8.42 Å². The summed E-state index contributed by atoms with van der Waals surface area (Å²) >= 11 is 0. The Balaban J connectivity index is 1.85. The van der Waals surface area contributed by atoms with Gasteiger partial charge in [-0.25, -0.2) is 8.42 Å². The summed E-state index contributed by atoms with van der Waals surface area (Å²) in [6.45, 7) is 1.17. The third kappa shape index (κ3) is 1.98. The van der Waals surface area contributed by atoms with E-state index in [1.807, 2.05) is 0 Å². The number of fused-ring (bicyclic) bond motifs is 2. The number of hydrogen-bond donors (Lipinski definition) is 2. The lowest BCUT2D eigenvalue weighted by Crippen LogP contribution is -2.38. The van der Waals surface area contributed by atoms with Crippen molar-refractivity contribution in [3.8, 4) is 0 Å². The standard InChI is InChI=1S/C10H16N4O2S/c15-17(16,10-5-11-12-6-10)14-4-3-8-1-2-9(7-14)13-8/h5-6,8-9,13H,1-4,7H2,(H,11,12). The minimum Gasteiger partial charge on any atom is -0.310 e. The highest BCUT2D eigenvalue weighted by Crippen LogP contribution is 2.24. The third-order valence-corrected chi connectivity index (χ3v) is 5.43. The van der Waals surface area contributed by atoms with E-state index in [1.54, 1.807) is 4.31 Å². The van der Waals surface area contributed by atoms with Crippen molar-refractivity contribution in [2.45, 2.75) is 36.2 Å². The SMILES string of the molecule is O=S(=O)(c1cn[nH]c1)N1CCC2CCC(C1)N2. The van der Waals surface area contributed by atoms with Crippen LogP contribution < -0.4 is 5.32 Å². The van der Waals surface area contributed by atoms with E-state index < -0.39 is 10.0 Å². The Morgan fingerprint density at radius 2 is 2.12 bits per heavy atom. The van der Waals surface area contributed by atoms with Gasteiger partial charge in [0.1, 0.15) is 4.90 Å². The van der Waals surface area contributed by atoms with Gasteiger partial charge in [-0.1, -0.05) is 0 Å². The maximum Gasteiger partial charge on any atom is 0.246 e. The van der Waals surface area contributed by atoms with Gasteiger partial charge in [0.25, 0.3) is 0 Å². The van der Waals surface area contributed by atoms with Crippen LogP contribution in [0.1, 0.15) is 19.3 Å². The summed E-state index contributed by atoms with van der Waals surface area (Å²) in [7, 11) is -3.36. The topological polar surface area (TPSA) is 78.1 Å². The minimum atomic E-state index is -3.36. The second-order valence-corrected chi connectivity index (χ2v) is 6.66. The van der Waals surface area contributed by atoms with Crippen LogP contribution >= 0.6 is 0 Å². The van der Waals surface area contributed by atoms with Gasteiger partial charge >= 0.3 is 0 Å². The molecule has 0 aromatic carbocycles. The summed E-state index contributed by atoms with van der Waals surface area (Å²) in [6, 6.07) is 0.800. The molecule has 2 atom stereocenters. The van der Waals surface area contributed by atoms with E-state index >= 15 is 0 Å². The molecule has 17 heavy (non-hydrogen) atoms. The second kappa shape index (κ2) is 4.08. The maximum absolute atomic E-state index is 12.3. The van der Waals surface area contributed by atoms with Crippen molar-refractivity contribution < 1.29 is 8.42 Å². The Labute approximate surface area is 100 Å². The van der Waals surface area contributed by atoms with E-state index in [1.165, 1.54) is 18.8 Å². The molecule has 2 unspecified atom stereocenters. The predicted molar refractivity (Wildman–Crippen MR) is 61.9 cm³/mol. The van der Waals surface area contributed by atoms with Crippen molar-refractivity contribution in [2.24, 2.45) is 0 Å². The Morgan fingerprint density at radius 1 is 1.29 bits per heavy atom. The molecule has 2 fully saturated rings. The van der Waals surface area contributed by atoms with Crippen molar-refractivity contribution >= 4 is 10.0 Å². The number of aromatic nitrogens is 2. The van der Waals surface area contributed by atoms with Crippen LogP contribution in [0.5, 0.6) is 0 Å². The van der Waals surface area contributed by atoms with E-state index in [2.05, 4.69) is 15.5 Å². The van der Waals surface area contributed by atoms with Crippen LogP contribution in [0.2, 0.25) is 0 Å². The fourth-order valence-electron chi connectivity index (χ4n) is 2.66. The molecule has 1 aromatic heterocycles. The molecule has 6 nitrogen and oxygen atoms in total. The lowest BCUT2D eigenvalue weighted by Gasteiger charge is -2.22. The van der Waals surface area contributed by atoms with Crippen LogP contribution in [-0.2, 0) is 10.0 Å². The molecule has 2 aliphatic heterocycles. The predicted octanol–water partition coefficient (Wildman–Crippen LogP) is -0.0753. The summed E-state index contributed by atoms with van der Waals surface area (Å²) in [4.78, 5) is 0.260. The normalized spacial score (nSPS) is 30.4. The van der Waals surface area contributed by atoms with Gasteiger partial charge in [0, 0.05) is 31.4 Å². The fourth-order valence-corrected chi connectivity index (χ4v) is 4.07. The molecule has 2 bridgehead atoms. The number of H-pyrrole nitrogens is 1. The van der Waals surface area contributed by atoms with Gasteiger partial charge < -0.3 is 5.32 Å². The molecular formula is C10H16N4O2S. The molecule has 0 saturated carbocycles. The van der Waals surface area contributed by atoms with Crippen LogP contribution in [0, 0.1) is 0 Å². The van der Waals surface area contributed by atoms with Crippen molar-refractivity contribution in [3.63, 3.8) is 0 Å². The summed E-state index contributed by atoms with van der Waals surface area (Å²) < 4.78 is 26.2. The molecule has 0 aliphatic carbocycles. The lowest BCUT2D eigenvalue weighted by atomic mass is 10.1. The first-order chi connectivity index (χ1) is 8.16. The van der Waals surface area contributed by atoms with E-state index in [4.69, 9.17) is 0 Å². The third-order valence-electron chi connectivity index (χ3n) is 3.60. The molecule has 2 saturated heterocycles. The highest BCUT2D eigenvalue weighted by atomic mass is 32.2. The molecule has 1 aromatic rings. The highest BCUT2D eigenvalue weighted by molar-refractivity contribution is 7.89. The number of nitrogens with zero attached hydrogens (tertiary/aromatic N) is 2. The molecule has 2 N–H and O–H groups in total. The van der Waals surface area contributed by atoms with Crippen molar-refractivity contribution in [3.05, 3.63) is 12.4 Å². The average molecular weight is 256 g/mol. The molecule has 0 radical (unpaired) electrons. The summed E-state index contributed by atoms with van der Waals surface area (Å²) in [6.07, 6.45) is 5.94. The fraction of sp³-hybridized carbons (Fsp3) is 0.700. The molecule has 7 heteroatoms. The highest BCUT2D eigenvalue weighted by Gasteiger charge is 2.35. The largest absolute Gasteiger partial charge is 0.310 e. The Morgan fingerprint density at radius 3 is 2.88 bits per heavy atom. The molecular weight excluding hydrogens is 240 g/mol. The molecule has 0 spiro atoms. The zero-order valence-electron chi connectivity index (χ0n) is 9.46. The van der Waals surface area contributed by atoms with Crippen molar-refractivity contribution in [1.82, 2.24) is 19.8 Å². The van der Waals surface area contributed by atoms with E-state index in [-0.39, 0.29) is 4.90 Å². The minimum absolute atomic E-state index is 0.260. The molecule has 2 aliphatic rings. The summed E-state index contributed by atoms with van der Waals surface area (Å²) in [5, 5.41) is 9.73. The van der Waals surface area contributed by atoms with Crippen molar-refractivity contribution in [2.75, 3.05) is 13.1 Å². The first-order valence-corrected chi connectivity index (χ1v) is 7.35.